The minimum atomic E-state index is -0.970. The van der Waals surface area contributed by atoms with Gasteiger partial charge in [0.15, 0.2) is 0 Å². The molecule has 0 fully saturated rings. The Labute approximate surface area is 157 Å². The number of esters is 2. The van der Waals surface area contributed by atoms with Gasteiger partial charge in [-0.15, -0.1) is 0 Å². The van der Waals surface area contributed by atoms with Crippen LogP contribution in [0.1, 0.15) is 23.2 Å². The fourth-order valence-electron chi connectivity index (χ4n) is 2.61. The molecule has 2 aromatic carbocycles. The van der Waals surface area contributed by atoms with Gasteiger partial charge in [0.05, 0.1) is 14.2 Å². The lowest BCUT2D eigenvalue weighted by Crippen LogP contribution is -2.42. The maximum Gasteiger partial charge on any atom is 0.328 e. The first-order valence-corrected chi connectivity index (χ1v) is 8.36. The molecule has 142 valence electrons. The fraction of sp³-hybridized carbons (Fsp3) is 0.250. The highest BCUT2D eigenvalue weighted by atomic mass is 16.5. The van der Waals surface area contributed by atoms with Crippen LogP contribution in [0.15, 0.2) is 48.5 Å². The minimum absolute atomic E-state index is 0.0240. The molecule has 0 saturated heterocycles. The molecular formula is C20H22N2O5. The molecule has 0 heterocycles. The summed E-state index contributed by atoms with van der Waals surface area (Å²) >= 11 is 0. The third-order valence-electron chi connectivity index (χ3n) is 4.03. The monoisotopic (exact) mass is 370 g/mol. The van der Waals surface area contributed by atoms with Gasteiger partial charge < -0.3 is 20.5 Å². The van der Waals surface area contributed by atoms with Crippen molar-refractivity contribution in [2.24, 2.45) is 0 Å². The molecule has 3 N–H and O–H groups in total. The van der Waals surface area contributed by atoms with Crippen molar-refractivity contribution in [1.82, 2.24) is 5.32 Å². The molecule has 1 atom stereocenters. The van der Waals surface area contributed by atoms with Crippen molar-refractivity contribution < 1.29 is 23.9 Å². The molecule has 0 saturated carbocycles. The third-order valence-corrected chi connectivity index (χ3v) is 4.03. The highest BCUT2D eigenvalue weighted by Crippen LogP contribution is 2.26. The van der Waals surface area contributed by atoms with Crippen LogP contribution >= 0.6 is 0 Å². The summed E-state index contributed by atoms with van der Waals surface area (Å²) < 4.78 is 9.30. The quantitative estimate of drug-likeness (QED) is 0.571. The van der Waals surface area contributed by atoms with E-state index < -0.39 is 23.9 Å². The third kappa shape index (κ3) is 5.31. The lowest BCUT2D eigenvalue weighted by Gasteiger charge is -2.17. The summed E-state index contributed by atoms with van der Waals surface area (Å²) in [6, 6.07) is 13.2. The van der Waals surface area contributed by atoms with Gasteiger partial charge in [0, 0.05) is 17.7 Å². The maximum atomic E-state index is 12.8. The summed E-state index contributed by atoms with van der Waals surface area (Å²) in [4.78, 5) is 36.2. The van der Waals surface area contributed by atoms with Crippen molar-refractivity contribution in [2.75, 3.05) is 20.0 Å². The van der Waals surface area contributed by atoms with Gasteiger partial charge in [-0.3, -0.25) is 9.59 Å². The first-order chi connectivity index (χ1) is 13.0. The smallest absolute Gasteiger partial charge is 0.328 e. The zero-order valence-electron chi connectivity index (χ0n) is 15.2. The number of anilines is 1. The van der Waals surface area contributed by atoms with E-state index in [1.165, 1.54) is 14.2 Å². The first kappa shape index (κ1) is 20.0. The van der Waals surface area contributed by atoms with E-state index in [9.17, 15) is 14.4 Å². The maximum absolute atomic E-state index is 12.8. The molecular weight excluding hydrogens is 348 g/mol. The first-order valence-electron chi connectivity index (χ1n) is 8.36. The number of ether oxygens (including phenoxy) is 2. The SMILES string of the molecule is COC(=O)CCC(NC(=O)c1ccc(N)cc1-c1ccccc1)C(=O)OC. The number of amides is 1. The van der Waals surface area contributed by atoms with Crippen LogP contribution in [0.25, 0.3) is 11.1 Å². The van der Waals surface area contributed by atoms with Gasteiger partial charge in [-0.25, -0.2) is 4.79 Å². The lowest BCUT2D eigenvalue weighted by atomic mass is 9.98. The fourth-order valence-corrected chi connectivity index (χ4v) is 2.61. The van der Waals surface area contributed by atoms with Gasteiger partial charge in [-0.05, 0) is 35.7 Å². The van der Waals surface area contributed by atoms with Crippen LogP contribution < -0.4 is 11.1 Å². The summed E-state index contributed by atoms with van der Waals surface area (Å²) in [5, 5.41) is 2.63. The summed E-state index contributed by atoms with van der Waals surface area (Å²) in [7, 11) is 2.48. The van der Waals surface area contributed by atoms with Crippen LogP contribution in [0.2, 0.25) is 0 Å². The number of carbonyl (C=O) groups is 3. The Balaban J connectivity index is 2.27. The second-order valence-electron chi connectivity index (χ2n) is 5.84. The van der Waals surface area contributed by atoms with E-state index in [2.05, 4.69) is 10.1 Å². The van der Waals surface area contributed by atoms with E-state index in [1.54, 1.807) is 18.2 Å². The molecule has 7 heteroatoms. The van der Waals surface area contributed by atoms with E-state index in [0.717, 1.165) is 5.56 Å². The number of carbonyl (C=O) groups excluding carboxylic acids is 3. The van der Waals surface area contributed by atoms with Crippen LogP contribution in [0.3, 0.4) is 0 Å². The topological polar surface area (TPSA) is 108 Å². The Morgan fingerprint density at radius 3 is 2.37 bits per heavy atom. The number of benzene rings is 2. The Bertz CT molecular complexity index is 820. The van der Waals surface area contributed by atoms with Crippen molar-refractivity contribution in [2.45, 2.75) is 18.9 Å². The molecule has 0 radical (unpaired) electrons. The van der Waals surface area contributed by atoms with E-state index >= 15 is 0 Å². The summed E-state index contributed by atoms with van der Waals surface area (Å²) in [5.74, 6) is -1.58. The second kappa shape index (κ2) is 9.38. The van der Waals surface area contributed by atoms with Crippen molar-refractivity contribution in [3.63, 3.8) is 0 Å². The summed E-state index contributed by atoms with van der Waals surface area (Å²) in [6.45, 7) is 0. The largest absolute Gasteiger partial charge is 0.469 e. The average Bonchev–Trinajstić information content (AvgIpc) is 2.70. The number of rotatable bonds is 7. The van der Waals surface area contributed by atoms with Gasteiger partial charge in [0.2, 0.25) is 0 Å². The number of hydrogen-bond donors (Lipinski definition) is 2. The molecule has 0 bridgehead atoms. The number of nitrogens with two attached hydrogens (primary N) is 1. The molecule has 0 spiro atoms. The molecule has 27 heavy (non-hydrogen) atoms. The zero-order chi connectivity index (χ0) is 19.8. The van der Waals surface area contributed by atoms with E-state index in [4.69, 9.17) is 10.5 Å². The summed E-state index contributed by atoms with van der Waals surface area (Å²) in [6.07, 6.45) is 0.0462. The van der Waals surface area contributed by atoms with Crippen molar-refractivity contribution in [3.8, 4) is 11.1 Å². The molecule has 7 nitrogen and oxygen atoms in total. The highest BCUT2D eigenvalue weighted by Gasteiger charge is 2.24. The molecule has 1 unspecified atom stereocenters. The van der Waals surface area contributed by atoms with Crippen molar-refractivity contribution in [3.05, 3.63) is 54.1 Å². The average molecular weight is 370 g/mol. The molecule has 2 aromatic rings. The van der Waals surface area contributed by atoms with E-state index in [0.29, 0.717) is 16.8 Å². The number of nitrogens with one attached hydrogen (secondary N) is 1. The molecule has 0 aromatic heterocycles. The number of hydrogen-bond acceptors (Lipinski definition) is 6. The lowest BCUT2D eigenvalue weighted by molar-refractivity contribution is -0.144. The number of methoxy groups -OCH3 is 2. The minimum Gasteiger partial charge on any atom is -0.469 e. The Morgan fingerprint density at radius 1 is 1.04 bits per heavy atom. The van der Waals surface area contributed by atoms with E-state index in [-0.39, 0.29) is 12.8 Å². The Hall–Kier alpha value is -3.35. The normalized spacial score (nSPS) is 11.3. The Kier molecular flexibility index (Phi) is 6.93. The van der Waals surface area contributed by atoms with Crippen molar-refractivity contribution in [1.29, 1.82) is 0 Å². The molecule has 0 aliphatic heterocycles. The molecule has 0 aliphatic rings. The van der Waals surface area contributed by atoms with Crippen LogP contribution in [-0.2, 0) is 19.1 Å². The van der Waals surface area contributed by atoms with Crippen LogP contribution in [-0.4, -0.2) is 38.1 Å². The predicted molar refractivity (Wildman–Crippen MR) is 101 cm³/mol. The van der Waals surface area contributed by atoms with Gasteiger partial charge in [0.25, 0.3) is 5.91 Å². The van der Waals surface area contributed by atoms with Gasteiger partial charge >= 0.3 is 11.9 Å². The molecule has 1 amide bonds. The van der Waals surface area contributed by atoms with E-state index in [1.807, 2.05) is 30.3 Å². The van der Waals surface area contributed by atoms with Crippen LogP contribution in [0.4, 0.5) is 5.69 Å². The second-order valence-corrected chi connectivity index (χ2v) is 5.84. The van der Waals surface area contributed by atoms with Crippen LogP contribution in [0.5, 0.6) is 0 Å². The zero-order valence-corrected chi connectivity index (χ0v) is 15.2. The van der Waals surface area contributed by atoms with Crippen molar-refractivity contribution >= 4 is 23.5 Å². The molecule has 0 aliphatic carbocycles. The molecule has 2 rings (SSSR count). The van der Waals surface area contributed by atoms with Gasteiger partial charge in [-0.2, -0.15) is 0 Å². The highest BCUT2D eigenvalue weighted by molar-refractivity contribution is 6.03. The standard InChI is InChI=1S/C20H22N2O5/c1-26-18(23)11-10-17(20(25)27-2)22-19(24)15-9-8-14(21)12-16(15)13-6-4-3-5-7-13/h3-9,12,17H,10-11,21H2,1-2H3,(H,22,24). The predicted octanol–water partition coefficient (Wildman–Crippen LogP) is 2.16. The van der Waals surface area contributed by atoms with Gasteiger partial charge in [0.1, 0.15) is 6.04 Å². The number of nitrogen functional groups attached to an aromatic ring is 1. The van der Waals surface area contributed by atoms with Gasteiger partial charge in [-0.1, -0.05) is 30.3 Å². The summed E-state index contributed by atoms with van der Waals surface area (Å²) in [5.41, 5.74) is 8.21. The van der Waals surface area contributed by atoms with Crippen LogP contribution in [0, 0.1) is 0 Å². The Morgan fingerprint density at radius 2 is 1.74 bits per heavy atom.